The van der Waals surface area contributed by atoms with E-state index >= 15 is 0 Å². The van der Waals surface area contributed by atoms with E-state index in [9.17, 15) is 0 Å². The zero-order valence-corrected chi connectivity index (χ0v) is 25.7. The first-order valence-electron chi connectivity index (χ1n) is 16.0. The molecule has 0 fully saturated rings. The lowest BCUT2D eigenvalue weighted by Crippen LogP contribution is -2.14. The molecule has 1 aliphatic rings. The molecule has 0 unspecified atom stereocenters. The third-order valence-corrected chi connectivity index (χ3v) is 9.28. The van der Waals surface area contributed by atoms with E-state index in [1.165, 1.54) is 27.6 Å². The fraction of sp³-hybridized carbons (Fsp3) is 0. The van der Waals surface area contributed by atoms with Gasteiger partial charge in [0.05, 0.1) is 17.1 Å². The fourth-order valence-corrected chi connectivity index (χ4v) is 7.04. The predicted octanol–water partition coefficient (Wildman–Crippen LogP) is 11.4. The molecule has 0 spiro atoms. The van der Waals surface area contributed by atoms with Crippen molar-refractivity contribution in [1.29, 1.82) is 0 Å². The van der Waals surface area contributed by atoms with Gasteiger partial charge in [-0.3, -0.25) is 4.98 Å². The Morgan fingerprint density at radius 2 is 1.23 bits per heavy atom. The van der Waals surface area contributed by atoms with Crippen LogP contribution < -0.4 is 4.90 Å². The van der Waals surface area contributed by atoms with Gasteiger partial charge in [-0.25, -0.2) is 9.97 Å². The second-order valence-electron chi connectivity index (χ2n) is 12.0. The number of fused-ring (bicyclic) bond motifs is 5. The van der Waals surface area contributed by atoms with E-state index in [1.807, 2.05) is 42.6 Å². The number of furan rings is 1. The summed E-state index contributed by atoms with van der Waals surface area (Å²) in [6, 6.07) is 52.6. The summed E-state index contributed by atoms with van der Waals surface area (Å²) in [4.78, 5) is 17.1. The zero-order chi connectivity index (χ0) is 31.6. The minimum atomic E-state index is 0.649. The number of para-hydroxylation sites is 2. The van der Waals surface area contributed by atoms with Crippen LogP contribution in [-0.2, 0) is 0 Å². The van der Waals surface area contributed by atoms with Crippen LogP contribution in [-0.4, -0.2) is 15.0 Å². The highest BCUT2D eigenvalue weighted by Crippen LogP contribution is 2.50. The highest BCUT2D eigenvalue weighted by atomic mass is 16.3. The van der Waals surface area contributed by atoms with Crippen LogP contribution in [0.4, 0.5) is 17.1 Å². The number of anilines is 3. The predicted molar refractivity (Wildman–Crippen MR) is 195 cm³/mol. The Bertz CT molecular complexity index is 2660. The minimum absolute atomic E-state index is 0.649. The van der Waals surface area contributed by atoms with Gasteiger partial charge in [0.15, 0.2) is 11.4 Å². The molecule has 3 aromatic heterocycles. The first kappa shape index (κ1) is 26.6. The monoisotopic (exact) mass is 614 g/mol. The third kappa shape index (κ3) is 4.08. The number of nitrogens with zero attached hydrogens (tertiary/aromatic N) is 4. The molecular weight excluding hydrogens is 589 g/mol. The van der Waals surface area contributed by atoms with Gasteiger partial charge in [0.25, 0.3) is 0 Å². The number of pyridine rings is 1. The third-order valence-electron chi connectivity index (χ3n) is 9.28. The highest BCUT2D eigenvalue weighted by Gasteiger charge is 2.26. The van der Waals surface area contributed by atoms with Crippen molar-refractivity contribution in [3.8, 4) is 45.0 Å². The Balaban J connectivity index is 1.11. The molecule has 0 saturated heterocycles. The Morgan fingerprint density at radius 3 is 2.08 bits per heavy atom. The van der Waals surface area contributed by atoms with Gasteiger partial charge in [0.2, 0.25) is 0 Å². The lowest BCUT2D eigenvalue weighted by atomic mass is 9.91. The standard InChI is InChI=1S/C43H26N4O/c1-3-15-36-32(11-1)33-13-7-9-28-10-8-16-37(39(28)33)47(36)31-24-22-30(23-25-31)43-45-40(42-41(46-43)34-12-2-4-17-38(34)48-42)29-20-18-27(19-21-29)35-14-5-6-26-44-35/h1-26H. The zero-order valence-electron chi connectivity index (χ0n) is 25.7. The molecule has 0 N–H and O–H groups in total. The molecule has 0 atom stereocenters. The molecule has 10 rings (SSSR count). The normalized spacial score (nSPS) is 12.1. The van der Waals surface area contributed by atoms with E-state index in [4.69, 9.17) is 14.4 Å². The van der Waals surface area contributed by atoms with Gasteiger partial charge in [0.1, 0.15) is 16.8 Å². The van der Waals surface area contributed by atoms with Crippen molar-refractivity contribution >= 4 is 49.9 Å². The number of hydrogen-bond acceptors (Lipinski definition) is 5. The van der Waals surface area contributed by atoms with Crippen molar-refractivity contribution in [2.24, 2.45) is 0 Å². The molecule has 6 aromatic carbocycles. The van der Waals surface area contributed by atoms with Crippen molar-refractivity contribution in [2.45, 2.75) is 0 Å². The number of rotatable bonds is 4. The van der Waals surface area contributed by atoms with Crippen molar-refractivity contribution in [3.63, 3.8) is 0 Å². The van der Waals surface area contributed by atoms with Gasteiger partial charge in [-0.2, -0.15) is 0 Å². The van der Waals surface area contributed by atoms with E-state index in [0.717, 1.165) is 55.9 Å². The molecule has 48 heavy (non-hydrogen) atoms. The summed E-state index contributed by atoms with van der Waals surface area (Å²) in [5.74, 6) is 0.649. The topological polar surface area (TPSA) is 55.1 Å². The fourth-order valence-electron chi connectivity index (χ4n) is 7.04. The summed E-state index contributed by atoms with van der Waals surface area (Å²) < 4.78 is 6.39. The Labute approximate surface area is 276 Å². The van der Waals surface area contributed by atoms with E-state index in [2.05, 4.69) is 125 Å². The van der Waals surface area contributed by atoms with Crippen LogP contribution in [0.15, 0.2) is 162 Å². The number of benzene rings is 6. The van der Waals surface area contributed by atoms with Crippen LogP contribution in [0, 0.1) is 0 Å². The van der Waals surface area contributed by atoms with Crippen LogP contribution in [0.2, 0.25) is 0 Å². The lowest BCUT2D eigenvalue weighted by molar-refractivity contribution is 0.667. The van der Waals surface area contributed by atoms with Gasteiger partial charge in [-0.05, 0) is 71.6 Å². The van der Waals surface area contributed by atoms with Crippen molar-refractivity contribution in [1.82, 2.24) is 15.0 Å². The number of aromatic nitrogens is 3. The highest BCUT2D eigenvalue weighted by molar-refractivity contribution is 6.13. The van der Waals surface area contributed by atoms with Gasteiger partial charge >= 0.3 is 0 Å². The van der Waals surface area contributed by atoms with Gasteiger partial charge in [0, 0.05) is 44.9 Å². The number of hydrogen-bond donors (Lipinski definition) is 0. The average molecular weight is 615 g/mol. The SMILES string of the molecule is c1ccc(-c2ccc(-c3nc(-c4ccc(N5c6ccccc6-c6cccc7cccc5c67)cc4)nc4c3oc3ccccc34)cc2)nc1. The van der Waals surface area contributed by atoms with E-state index in [0.29, 0.717) is 11.4 Å². The molecule has 224 valence electrons. The van der Waals surface area contributed by atoms with E-state index in [1.54, 1.807) is 0 Å². The molecule has 5 nitrogen and oxygen atoms in total. The van der Waals surface area contributed by atoms with Crippen molar-refractivity contribution < 1.29 is 4.42 Å². The molecule has 0 saturated carbocycles. The summed E-state index contributed by atoms with van der Waals surface area (Å²) in [6.45, 7) is 0. The summed E-state index contributed by atoms with van der Waals surface area (Å²) >= 11 is 0. The molecular formula is C43H26N4O. The Hall–Kier alpha value is -6.59. The first-order chi connectivity index (χ1) is 23.8. The van der Waals surface area contributed by atoms with Crippen LogP contribution in [0.25, 0.3) is 77.9 Å². The second kappa shape index (κ2) is 10.5. The molecule has 5 heteroatoms. The van der Waals surface area contributed by atoms with Crippen LogP contribution in [0.3, 0.4) is 0 Å². The maximum atomic E-state index is 6.39. The molecule has 0 amide bonds. The summed E-state index contributed by atoms with van der Waals surface area (Å²) in [7, 11) is 0. The maximum Gasteiger partial charge on any atom is 0.180 e. The van der Waals surface area contributed by atoms with Crippen LogP contribution in [0.5, 0.6) is 0 Å². The molecule has 4 heterocycles. The molecule has 0 bridgehead atoms. The summed E-state index contributed by atoms with van der Waals surface area (Å²) in [5.41, 5.74) is 12.8. The van der Waals surface area contributed by atoms with Crippen LogP contribution >= 0.6 is 0 Å². The lowest BCUT2D eigenvalue weighted by Gasteiger charge is -2.33. The second-order valence-corrected chi connectivity index (χ2v) is 12.0. The Morgan fingerprint density at radius 1 is 0.521 bits per heavy atom. The smallest absolute Gasteiger partial charge is 0.180 e. The van der Waals surface area contributed by atoms with E-state index in [-0.39, 0.29) is 0 Å². The first-order valence-corrected chi connectivity index (χ1v) is 16.0. The largest absolute Gasteiger partial charge is 0.452 e. The van der Waals surface area contributed by atoms with Gasteiger partial charge < -0.3 is 9.32 Å². The molecule has 1 aliphatic heterocycles. The molecule has 9 aromatic rings. The Kier molecular flexibility index (Phi) is 5.81. The van der Waals surface area contributed by atoms with Crippen molar-refractivity contribution in [2.75, 3.05) is 4.90 Å². The van der Waals surface area contributed by atoms with E-state index < -0.39 is 0 Å². The van der Waals surface area contributed by atoms with Crippen LogP contribution in [0.1, 0.15) is 0 Å². The van der Waals surface area contributed by atoms with Gasteiger partial charge in [-0.15, -0.1) is 0 Å². The summed E-state index contributed by atoms with van der Waals surface area (Å²) in [5, 5.41) is 3.47. The molecule has 0 radical (unpaired) electrons. The summed E-state index contributed by atoms with van der Waals surface area (Å²) in [6.07, 6.45) is 1.81. The minimum Gasteiger partial charge on any atom is -0.452 e. The van der Waals surface area contributed by atoms with Gasteiger partial charge in [-0.1, -0.05) is 91.0 Å². The quantitative estimate of drug-likeness (QED) is 0.197. The molecule has 0 aliphatic carbocycles. The average Bonchev–Trinajstić information content (AvgIpc) is 3.54. The maximum absolute atomic E-state index is 6.39. The van der Waals surface area contributed by atoms with Crippen molar-refractivity contribution in [3.05, 3.63) is 158 Å².